The van der Waals surface area contributed by atoms with Crippen molar-refractivity contribution < 1.29 is 13.2 Å². The number of benzene rings is 1. The van der Waals surface area contributed by atoms with Crippen LogP contribution in [-0.4, -0.2) is 40.5 Å². The summed E-state index contributed by atoms with van der Waals surface area (Å²) in [4.78, 5) is 19.9. The fourth-order valence-electron chi connectivity index (χ4n) is 3.71. The van der Waals surface area contributed by atoms with Gasteiger partial charge in [-0.15, -0.1) is 11.3 Å². The lowest BCUT2D eigenvalue weighted by molar-refractivity contribution is -0.137. The van der Waals surface area contributed by atoms with E-state index in [0.29, 0.717) is 53.5 Å². The predicted octanol–water partition coefficient (Wildman–Crippen LogP) is 3.94. The lowest BCUT2D eigenvalue weighted by Gasteiger charge is -2.29. The smallest absolute Gasteiger partial charge is 0.356 e. The second-order valence-electron chi connectivity index (χ2n) is 7.57. The molecule has 7 nitrogen and oxygen atoms in total. The molecule has 5 rings (SSSR count). The van der Waals surface area contributed by atoms with E-state index in [-0.39, 0.29) is 0 Å². The molecular weight excluding hydrogens is 439 g/mol. The lowest BCUT2D eigenvalue weighted by Crippen LogP contribution is -2.35. The number of anilines is 2. The third kappa shape index (κ3) is 4.38. The molecule has 2 aliphatic heterocycles. The molecule has 0 fully saturated rings. The average molecular weight is 460 g/mol. The highest BCUT2D eigenvalue weighted by Gasteiger charge is 2.32. The number of aliphatic imine (C=N–C) groups is 1. The van der Waals surface area contributed by atoms with Crippen LogP contribution in [0.1, 0.15) is 23.1 Å². The van der Waals surface area contributed by atoms with Crippen molar-refractivity contribution in [3.63, 3.8) is 0 Å². The number of fused-ring (bicyclic) bond motifs is 1. The molecule has 0 radical (unpaired) electrons. The van der Waals surface area contributed by atoms with Crippen LogP contribution in [0.25, 0.3) is 11.4 Å². The van der Waals surface area contributed by atoms with Crippen LogP contribution in [0.5, 0.6) is 0 Å². The summed E-state index contributed by atoms with van der Waals surface area (Å²) >= 11 is 1.45. The summed E-state index contributed by atoms with van der Waals surface area (Å²) in [6, 6.07) is 5.72. The van der Waals surface area contributed by atoms with Crippen molar-refractivity contribution in [1.82, 2.24) is 20.3 Å². The summed E-state index contributed by atoms with van der Waals surface area (Å²) in [6.07, 6.45) is -1.06. The van der Waals surface area contributed by atoms with Crippen molar-refractivity contribution >= 4 is 28.4 Å². The molecule has 0 saturated carbocycles. The molecule has 3 aromatic rings. The van der Waals surface area contributed by atoms with E-state index in [1.54, 1.807) is 18.3 Å². The predicted molar refractivity (Wildman–Crippen MR) is 118 cm³/mol. The van der Waals surface area contributed by atoms with Gasteiger partial charge in [-0.25, -0.2) is 15.0 Å². The van der Waals surface area contributed by atoms with Gasteiger partial charge in [-0.1, -0.05) is 6.07 Å². The van der Waals surface area contributed by atoms with Crippen LogP contribution in [0.15, 0.2) is 40.8 Å². The largest absolute Gasteiger partial charge is 0.416 e. The molecule has 2 aromatic heterocycles. The molecule has 1 aromatic carbocycles. The number of thiazole rings is 1. The van der Waals surface area contributed by atoms with Crippen LogP contribution < -0.4 is 15.5 Å². The molecule has 2 aliphatic rings. The summed E-state index contributed by atoms with van der Waals surface area (Å²) in [6.45, 7) is 2.63. The molecule has 0 unspecified atom stereocenters. The van der Waals surface area contributed by atoms with Gasteiger partial charge in [0.05, 0.1) is 11.3 Å². The van der Waals surface area contributed by atoms with E-state index >= 15 is 0 Å². The first-order valence-corrected chi connectivity index (χ1v) is 11.1. The highest BCUT2D eigenvalue weighted by atomic mass is 32.1. The minimum atomic E-state index is -4.36. The maximum atomic E-state index is 13.1. The van der Waals surface area contributed by atoms with Gasteiger partial charge in [-0.05, 0) is 42.2 Å². The highest BCUT2D eigenvalue weighted by molar-refractivity contribution is 7.14. The number of guanidine groups is 1. The monoisotopic (exact) mass is 459 g/mol. The van der Waals surface area contributed by atoms with Crippen LogP contribution in [-0.2, 0) is 19.1 Å². The molecule has 0 saturated heterocycles. The summed E-state index contributed by atoms with van der Waals surface area (Å²) < 4.78 is 39.3. The maximum absolute atomic E-state index is 13.1. The zero-order chi connectivity index (χ0) is 22.1. The number of rotatable bonds is 3. The van der Waals surface area contributed by atoms with Gasteiger partial charge in [0.2, 0.25) is 5.95 Å². The standard InChI is InChI=1S/C21H20F3N7S/c22-21(23,24)15-3-2-13-5-9-31(11-14(13)10-15)19-27-8-4-16(28-19)17-12-32-20(29-17)30-18-25-6-1-7-26-18/h2-4,8,10,12H,1,5-7,9,11H2,(H2,25,26,29,30). The molecule has 0 amide bonds. The Balaban J connectivity index is 1.34. The molecule has 0 aliphatic carbocycles. The van der Waals surface area contributed by atoms with Gasteiger partial charge >= 0.3 is 6.18 Å². The van der Waals surface area contributed by atoms with Crippen LogP contribution in [0.4, 0.5) is 24.3 Å². The second kappa shape index (κ2) is 8.38. The van der Waals surface area contributed by atoms with E-state index < -0.39 is 11.7 Å². The average Bonchev–Trinajstić information content (AvgIpc) is 3.27. The molecule has 32 heavy (non-hydrogen) atoms. The Bertz CT molecular complexity index is 1160. The first kappa shape index (κ1) is 20.7. The number of nitrogens with one attached hydrogen (secondary N) is 2. The van der Waals surface area contributed by atoms with Crippen molar-refractivity contribution in [2.75, 3.05) is 29.9 Å². The van der Waals surface area contributed by atoms with Gasteiger partial charge in [0.15, 0.2) is 11.1 Å². The molecule has 0 bridgehead atoms. The summed E-state index contributed by atoms with van der Waals surface area (Å²) in [5.74, 6) is 1.19. The topological polar surface area (TPSA) is 78.3 Å². The van der Waals surface area contributed by atoms with Crippen molar-refractivity contribution in [2.24, 2.45) is 4.99 Å². The Morgan fingerprint density at radius 2 is 2.00 bits per heavy atom. The van der Waals surface area contributed by atoms with E-state index in [1.807, 2.05) is 10.3 Å². The summed E-state index contributed by atoms with van der Waals surface area (Å²) in [7, 11) is 0. The zero-order valence-corrected chi connectivity index (χ0v) is 17.8. The van der Waals surface area contributed by atoms with Crippen molar-refractivity contribution in [3.8, 4) is 11.4 Å². The Labute approximate surface area is 186 Å². The van der Waals surface area contributed by atoms with Gasteiger partial charge < -0.3 is 15.5 Å². The van der Waals surface area contributed by atoms with E-state index in [2.05, 4.69) is 30.6 Å². The Morgan fingerprint density at radius 3 is 2.81 bits per heavy atom. The normalized spacial score (nSPS) is 16.2. The number of hydrogen-bond acceptors (Lipinski definition) is 8. The quantitative estimate of drug-likeness (QED) is 0.618. The van der Waals surface area contributed by atoms with Crippen LogP contribution in [0, 0.1) is 0 Å². The first-order chi connectivity index (χ1) is 15.5. The molecular formula is C21H20F3N7S. The van der Waals surface area contributed by atoms with E-state index in [1.165, 1.54) is 17.4 Å². The first-order valence-electron chi connectivity index (χ1n) is 10.2. The van der Waals surface area contributed by atoms with Gasteiger partial charge in [0, 0.05) is 37.8 Å². The SMILES string of the molecule is FC(F)(F)c1ccc2c(c1)CN(c1nccc(-c3csc(NC4=NCCCN4)n3)n1)CC2. The van der Waals surface area contributed by atoms with Crippen LogP contribution in [0.3, 0.4) is 0 Å². The molecule has 4 heterocycles. The molecule has 0 atom stereocenters. The molecule has 2 N–H and O–H groups in total. The Hall–Kier alpha value is -3.21. The van der Waals surface area contributed by atoms with E-state index in [4.69, 9.17) is 0 Å². The Kier molecular flexibility index (Phi) is 5.41. The van der Waals surface area contributed by atoms with Crippen LogP contribution in [0.2, 0.25) is 0 Å². The number of halogens is 3. The van der Waals surface area contributed by atoms with Crippen molar-refractivity contribution in [2.45, 2.75) is 25.6 Å². The van der Waals surface area contributed by atoms with E-state index in [9.17, 15) is 13.2 Å². The van der Waals surface area contributed by atoms with Crippen molar-refractivity contribution in [3.05, 3.63) is 52.5 Å². The van der Waals surface area contributed by atoms with Crippen molar-refractivity contribution in [1.29, 1.82) is 0 Å². The van der Waals surface area contributed by atoms with E-state index in [0.717, 1.165) is 31.1 Å². The lowest BCUT2D eigenvalue weighted by atomic mass is 9.97. The maximum Gasteiger partial charge on any atom is 0.416 e. The number of alkyl halides is 3. The number of hydrogen-bond donors (Lipinski definition) is 2. The highest BCUT2D eigenvalue weighted by Crippen LogP contribution is 2.33. The number of aromatic nitrogens is 3. The molecule has 11 heteroatoms. The van der Waals surface area contributed by atoms with Gasteiger partial charge in [0.1, 0.15) is 5.69 Å². The van der Waals surface area contributed by atoms with Gasteiger partial charge in [-0.2, -0.15) is 13.2 Å². The third-order valence-corrected chi connectivity index (χ3v) is 6.12. The zero-order valence-electron chi connectivity index (χ0n) is 17.0. The minimum absolute atomic E-state index is 0.331. The summed E-state index contributed by atoms with van der Waals surface area (Å²) in [5.41, 5.74) is 2.31. The minimum Gasteiger partial charge on any atom is -0.356 e. The molecule has 0 spiro atoms. The summed E-state index contributed by atoms with van der Waals surface area (Å²) in [5, 5.41) is 8.98. The fraction of sp³-hybridized carbons (Fsp3) is 0.333. The van der Waals surface area contributed by atoms with Gasteiger partial charge in [0.25, 0.3) is 0 Å². The third-order valence-electron chi connectivity index (χ3n) is 5.36. The van der Waals surface area contributed by atoms with Crippen LogP contribution >= 0.6 is 11.3 Å². The molecule has 166 valence electrons. The van der Waals surface area contributed by atoms with Gasteiger partial charge in [-0.3, -0.25) is 4.99 Å². The number of nitrogens with zero attached hydrogens (tertiary/aromatic N) is 5. The second-order valence-corrected chi connectivity index (χ2v) is 8.43. The fourth-order valence-corrected chi connectivity index (χ4v) is 4.42. The Morgan fingerprint density at radius 1 is 1.09 bits per heavy atom.